The van der Waals surface area contributed by atoms with Crippen LogP contribution in [0.4, 0.5) is 0 Å². The van der Waals surface area contributed by atoms with Gasteiger partial charge in [-0.1, -0.05) is 0 Å². The zero-order valence-corrected chi connectivity index (χ0v) is 10.2. The number of ether oxygens (including phenoxy) is 1. The summed E-state index contributed by atoms with van der Waals surface area (Å²) in [5.41, 5.74) is 6.15. The first-order valence-corrected chi connectivity index (χ1v) is 5.93. The van der Waals surface area contributed by atoms with Crippen molar-refractivity contribution in [1.29, 1.82) is 0 Å². The summed E-state index contributed by atoms with van der Waals surface area (Å²) in [4.78, 5) is 5.34. The van der Waals surface area contributed by atoms with Gasteiger partial charge >= 0.3 is 0 Å². The summed E-state index contributed by atoms with van der Waals surface area (Å²) in [7, 11) is 3.64. The zero-order chi connectivity index (χ0) is 11.5. The van der Waals surface area contributed by atoms with Crippen LogP contribution in [0.5, 0.6) is 5.75 Å². The maximum atomic E-state index is 6.15. The van der Waals surface area contributed by atoms with Gasteiger partial charge in [-0.3, -0.25) is 0 Å². The molecule has 86 valence electrons. The van der Waals surface area contributed by atoms with Crippen LogP contribution in [0.1, 0.15) is 16.7 Å². The number of hydrogen-bond acceptors (Lipinski definition) is 4. The molecule has 1 unspecified atom stereocenters. The molecule has 0 saturated carbocycles. The normalized spacial score (nSPS) is 12.7. The van der Waals surface area contributed by atoms with Crippen LogP contribution in [-0.2, 0) is 13.5 Å². The second-order valence-corrected chi connectivity index (χ2v) is 4.57. The van der Waals surface area contributed by atoms with Crippen molar-refractivity contribution in [3.63, 3.8) is 0 Å². The third-order valence-electron chi connectivity index (χ3n) is 2.54. The van der Waals surface area contributed by atoms with Crippen molar-refractivity contribution in [1.82, 2.24) is 9.55 Å². The monoisotopic (exact) mass is 237 g/mol. The third-order valence-corrected chi connectivity index (χ3v) is 3.57. The number of aromatic nitrogens is 2. The molecule has 2 rings (SSSR count). The molecular formula is C11H15N3OS. The molecule has 0 aliphatic heterocycles. The number of aryl methyl sites for hydroxylation is 1. The Balaban J connectivity index is 2.14. The van der Waals surface area contributed by atoms with Crippen molar-refractivity contribution < 1.29 is 4.74 Å². The van der Waals surface area contributed by atoms with Crippen LogP contribution in [0.25, 0.3) is 0 Å². The molecule has 2 N–H and O–H groups in total. The Morgan fingerprint density at radius 3 is 3.06 bits per heavy atom. The first kappa shape index (κ1) is 11.2. The van der Waals surface area contributed by atoms with E-state index >= 15 is 0 Å². The van der Waals surface area contributed by atoms with Crippen LogP contribution >= 0.6 is 11.3 Å². The number of hydrogen-bond donors (Lipinski definition) is 1. The molecule has 5 heteroatoms. The van der Waals surface area contributed by atoms with Gasteiger partial charge in [-0.25, -0.2) is 4.98 Å². The molecule has 0 saturated heterocycles. The minimum absolute atomic E-state index is 0.0592. The lowest BCUT2D eigenvalue weighted by Gasteiger charge is -2.11. The summed E-state index contributed by atoms with van der Waals surface area (Å²) in [5.74, 6) is 1.86. The van der Waals surface area contributed by atoms with E-state index < -0.39 is 0 Å². The average molecular weight is 237 g/mol. The van der Waals surface area contributed by atoms with Gasteiger partial charge in [0.1, 0.15) is 11.6 Å². The minimum atomic E-state index is -0.0592. The standard InChI is InChI=1S/C11H15N3OS/c1-14-5-4-13-10(14)7-8(12)11-9(15-2)3-6-16-11/h3-6,8H,7,12H2,1-2H3. The molecule has 0 fully saturated rings. The van der Waals surface area contributed by atoms with Gasteiger partial charge in [0.25, 0.3) is 0 Å². The maximum Gasteiger partial charge on any atom is 0.134 e. The maximum absolute atomic E-state index is 6.15. The summed E-state index contributed by atoms with van der Waals surface area (Å²) >= 11 is 1.62. The minimum Gasteiger partial charge on any atom is -0.496 e. The highest BCUT2D eigenvalue weighted by Gasteiger charge is 2.15. The van der Waals surface area contributed by atoms with E-state index in [0.29, 0.717) is 0 Å². The Kier molecular flexibility index (Phi) is 3.26. The predicted octanol–water partition coefficient (Wildman–Crippen LogP) is 1.73. The highest BCUT2D eigenvalue weighted by Crippen LogP contribution is 2.30. The van der Waals surface area contributed by atoms with Crippen LogP contribution < -0.4 is 10.5 Å². The van der Waals surface area contributed by atoms with E-state index in [2.05, 4.69) is 4.98 Å². The number of thiophene rings is 1. The lowest BCUT2D eigenvalue weighted by Crippen LogP contribution is -2.15. The number of imidazole rings is 1. The molecule has 0 spiro atoms. The van der Waals surface area contributed by atoms with Crippen molar-refractivity contribution in [3.05, 3.63) is 34.5 Å². The molecule has 1 atom stereocenters. The van der Waals surface area contributed by atoms with Crippen LogP contribution in [0.15, 0.2) is 23.8 Å². The molecule has 2 heterocycles. The molecule has 0 aliphatic carbocycles. The molecule has 0 bridgehead atoms. The quantitative estimate of drug-likeness (QED) is 0.881. The fourth-order valence-corrected chi connectivity index (χ4v) is 2.49. The fraction of sp³-hybridized carbons (Fsp3) is 0.364. The van der Waals surface area contributed by atoms with E-state index in [1.807, 2.05) is 29.3 Å². The Hall–Kier alpha value is -1.33. The fourth-order valence-electron chi connectivity index (χ4n) is 1.63. The van der Waals surface area contributed by atoms with Crippen molar-refractivity contribution in [2.75, 3.05) is 7.11 Å². The SMILES string of the molecule is COc1ccsc1C(N)Cc1nccn1C. The predicted molar refractivity (Wildman–Crippen MR) is 64.7 cm³/mol. The molecule has 16 heavy (non-hydrogen) atoms. The molecule has 0 aromatic carbocycles. The van der Waals surface area contributed by atoms with Crippen LogP contribution in [0.3, 0.4) is 0 Å². The second kappa shape index (κ2) is 4.67. The summed E-state index contributed by atoms with van der Waals surface area (Å²) in [6.07, 6.45) is 4.43. The summed E-state index contributed by atoms with van der Waals surface area (Å²) in [5, 5.41) is 1.99. The van der Waals surface area contributed by atoms with E-state index in [9.17, 15) is 0 Å². The van der Waals surface area contributed by atoms with Crippen LogP contribution in [0.2, 0.25) is 0 Å². The Labute approximate surface area is 98.7 Å². The summed E-state index contributed by atoms with van der Waals surface area (Å²) in [6, 6.07) is 1.88. The summed E-state index contributed by atoms with van der Waals surface area (Å²) < 4.78 is 7.25. The van der Waals surface area contributed by atoms with Gasteiger partial charge in [-0.05, 0) is 11.4 Å². The van der Waals surface area contributed by atoms with E-state index in [0.717, 1.165) is 22.9 Å². The van der Waals surface area contributed by atoms with Gasteiger partial charge in [-0.2, -0.15) is 0 Å². The summed E-state index contributed by atoms with van der Waals surface area (Å²) in [6.45, 7) is 0. The number of methoxy groups -OCH3 is 1. The van der Waals surface area contributed by atoms with Crippen molar-refractivity contribution in [2.45, 2.75) is 12.5 Å². The second-order valence-electron chi connectivity index (χ2n) is 3.62. The lowest BCUT2D eigenvalue weighted by atomic mass is 10.1. The van der Waals surface area contributed by atoms with Gasteiger partial charge in [0.15, 0.2) is 0 Å². The van der Waals surface area contributed by atoms with Crippen LogP contribution in [-0.4, -0.2) is 16.7 Å². The van der Waals surface area contributed by atoms with Crippen molar-refractivity contribution in [3.8, 4) is 5.75 Å². The number of rotatable bonds is 4. The molecule has 2 aromatic rings. The van der Waals surface area contributed by atoms with Gasteiger partial charge < -0.3 is 15.0 Å². The lowest BCUT2D eigenvalue weighted by molar-refractivity contribution is 0.408. The van der Waals surface area contributed by atoms with Gasteiger partial charge in [0.05, 0.1) is 12.0 Å². The molecule has 0 amide bonds. The molecule has 0 aliphatic rings. The Morgan fingerprint density at radius 2 is 2.44 bits per heavy atom. The van der Waals surface area contributed by atoms with E-state index in [1.54, 1.807) is 24.6 Å². The first-order chi connectivity index (χ1) is 7.72. The Bertz CT molecular complexity index is 463. The topological polar surface area (TPSA) is 53.1 Å². The molecular weight excluding hydrogens is 222 g/mol. The van der Waals surface area contributed by atoms with Crippen molar-refractivity contribution in [2.24, 2.45) is 12.8 Å². The van der Waals surface area contributed by atoms with Crippen molar-refractivity contribution >= 4 is 11.3 Å². The van der Waals surface area contributed by atoms with E-state index in [1.165, 1.54) is 0 Å². The third kappa shape index (κ3) is 2.10. The zero-order valence-electron chi connectivity index (χ0n) is 9.38. The highest BCUT2D eigenvalue weighted by atomic mass is 32.1. The van der Waals surface area contributed by atoms with Crippen LogP contribution in [0, 0.1) is 0 Å². The smallest absolute Gasteiger partial charge is 0.134 e. The highest BCUT2D eigenvalue weighted by molar-refractivity contribution is 7.10. The first-order valence-electron chi connectivity index (χ1n) is 5.05. The molecule has 0 radical (unpaired) electrons. The average Bonchev–Trinajstić information content (AvgIpc) is 2.87. The molecule has 2 aromatic heterocycles. The number of nitrogens with two attached hydrogens (primary N) is 1. The largest absolute Gasteiger partial charge is 0.496 e. The van der Waals surface area contributed by atoms with E-state index in [4.69, 9.17) is 10.5 Å². The molecule has 4 nitrogen and oxygen atoms in total. The Morgan fingerprint density at radius 1 is 1.62 bits per heavy atom. The van der Waals surface area contributed by atoms with E-state index in [-0.39, 0.29) is 6.04 Å². The number of nitrogens with zero attached hydrogens (tertiary/aromatic N) is 2. The van der Waals surface area contributed by atoms with Gasteiger partial charge in [0.2, 0.25) is 0 Å². The van der Waals surface area contributed by atoms with Gasteiger partial charge in [-0.15, -0.1) is 11.3 Å². The van der Waals surface area contributed by atoms with Gasteiger partial charge in [0, 0.05) is 31.9 Å².